The molecule has 1 heterocycles. The Kier molecular flexibility index (Phi) is 4.39. The van der Waals surface area contributed by atoms with Crippen molar-refractivity contribution in [3.63, 3.8) is 0 Å². The molecule has 1 fully saturated rings. The molecule has 1 aromatic rings. The Balaban J connectivity index is 1.78. The van der Waals surface area contributed by atoms with Crippen molar-refractivity contribution in [3.05, 3.63) is 29.8 Å². The number of para-hydroxylation sites is 1. The lowest BCUT2D eigenvalue weighted by atomic mass is 10.1. The van der Waals surface area contributed by atoms with Gasteiger partial charge in [0, 0.05) is 6.54 Å². The number of urea groups is 1. The Morgan fingerprint density at radius 2 is 2.11 bits per heavy atom. The smallest absolute Gasteiger partial charge is 0.324 e. The summed E-state index contributed by atoms with van der Waals surface area (Å²) >= 11 is 0. The molecule has 0 radical (unpaired) electrons. The standard InChI is InChI=1S/C14H18N2O3/c1-2-11-6-3-4-7-12(11)19-9-5-8-16-13(17)10-15-14(16)18/h3-4,6-7H,2,5,8-10H2,1H3,(H,15,18). The van der Waals surface area contributed by atoms with Gasteiger partial charge in [-0.2, -0.15) is 0 Å². The number of nitrogens with one attached hydrogen (secondary N) is 1. The molecule has 0 aromatic heterocycles. The second-order valence-corrected chi connectivity index (χ2v) is 4.37. The summed E-state index contributed by atoms with van der Waals surface area (Å²) < 4.78 is 5.69. The number of carbonyl (C=O) groups is 2. The van der Waals surface area contributed by atoms with Crippen LogP contribution in [0.15, 0.2) is 24.3 Å². The van der Waals surface area contributed by atoms with Crippen LogP contribution >= 0.6 is 0 Å². The zero-order valence-corrected chi connectivity index (χ0v) is 11.0. The largest absolute Gasteiger partial charge is 0.493 e. The van der Waals surface area contributed by atoms with Crippen LogP contribution in [0.25, 0.3) is 0 Å². The number of nitrogens with zero attached hydrogens (tertiary/aromatic N) is 1. The first-order valence-corrected chi connectivity index (χ1v) is 6.51. The maximum absolute atomic E-state index is 11.4. The zero-order valence-electron chi connectivity index (χ0n) is 11.0. The minimum atomic E-state index is -0.307. The zero-order chi connectivity index (χ0) is 13.7. The van der Waals surface area contributed by atoms with Gasteiger partial charge in [0.05, 0.1) is 13.2 Å². The average molecular weight is 262 g/mol. The van der Waals surface area contributed by atoms with Crippen molar-refractivity contribution in [3.8, 4) is 5.75 Å². The number of imide groups is 1. The van der Waals surface area contributed by atoms with E-state index in [0.29, 0.717) is 19.6 Å². The Morgan fingerprint density at radius 3 is 2.79 bits per heavy atom. The number of amides is 3. The lowest BCUT2D eigenvalue weighted by molar-refractivity contribution is -0.125. The van der Waals surface area contributed by atoms with Crippen LogP contribution in [-0.4, -0.2) is 36.5 Å². The molecule has 0 bridgehead atoms. The van der Waals surface area contributed by atoms with Gasteiger partial charge in [0.15, 0.2) is 0 Å². The molecule has 102 valence electrons. The third-order valence-electron chi connectivity index (χ3n) is 3.07. The summed E-state index contributed by atoms with van der Waals surface area (Å²) in [7, 11) is 0. The normalized spacial score (nSPS) is 14.7. The molecule has 3 amide bonds. The Hall–Kier alpha value is -2.04. The molecule has 1 aliphatic heterocycles. The molecular formula is C14H18N2O3. The number of rotatable bonds is 6. The second-order valence-electron chi connectivity index (χ2n) is 4.37. The molecule has 5 nitrogen and oxygen atoms in total. The number of hydrogen-bond donors (Lipinski definition) is 1. The monoisotopic (exact) mass is 262 g/mol. The van der Waals surface area contributed by atoms with Gasteiger partial charge in [-0.1, -0.05) is 25.1 Å². The van der Waals surface area contributed by atoms with Crippen molar-refractivity contribution in [2.45, 2.75) is 19.8 Å². The Morgan fingerprint density at radius 1 is 1.32 bits per heavy atom. The van der Waals surface area contributed by atoms with Crippen LogP contribution in [0.4, 0.5) is 4.79 Å². The van der Waals surface area contributed by atoms with Crippen molar-refractivity contribution < 1.29 is 14.3 Å². The van der Waals surface area contributed by atoms with Gasteiger partial charge in [0.2, 0.25) is 5.91 Å². The molecule has 0 atom stereocenters. The van der Waals surface area contributed by atoms with Crippen molar-refractivity contribution in [1.29, 1.82) is 0 Å². The molecule has 0 saturated carbocycles. The predicted octanol–water partition coefficient (Wildman–Crippen LogP) is 1.57. The van der Waals surface area contributed by atoms with Gasteiger partial charge in [-0.05, 0) is 24.5 Å². The average Bonchev–Trinajstić information content (AvgIpc) is 2.75. The van der Waals surface area contributed by atoms with Crippen LogP contribution in [0.1, 0.15) is 18.9 Å². The van der Waals surface area contributed by atoms with Gasteiger partial charge in [-0.25, -0.2) is 4.79 Å². The maximum Gasteiger partial charge on any atom is 0.324 e. The molecule has 19 heavy (non-hydrogen) atoms. The predicted molar refractivity (Wildman–Crippen MR) is 71.0 cm³/mol. The summed E-state index contributed by atoms with van der Waals surface area (Å²) in [6.07, 6.45) is 1.56. The van der Waals surface area contributed by atoms with E-state index in [0.717, 1.165) is 17.7 Å². The topological polar surface area (TPSA) is 58.6 Å². The summed E-state index contributed by atoms with van der Waals surface area (Å²) in [4.78, 5) is 23.9. The van der Waals surface area contributed by atoms with E-state index in [4.69, 9.17) is 4.74 Å². The fourth-order valence-corrected chi connectivity index (χ4v) is 2.02. The number of aryl methyl sites for hydroxylation is 1. The van der Waals surface area contributed by atoms with Gasteiger partial charge in [-0.3, -0.25) is 9.69 Å². The highest BCUT2D eigenvalue weighted by molar-refractivity contribution is 6.01. The summed E-state index contributed by atoms with van der Waals surface area (Å²) in [5.41, 5.74) is 1.16. The molecule has 1 aliphatic rings. The van der Waals surface area contributed by atoms with Crippen molar-refractivity contribution in [2.75, 3.05) is 19.7 Å². The van der Waals surface area contributed by atoms with Crippen LogP contribution in [0.5, 0.6) is 5.75 Å². The summed E-state index contributed by atoms with van der Waals surface area (Å²) in [5, 5.41) is 2.49. The third-order valence-corrected chi connectivity index (χ3v) is 3.07. The first-order chi connectivity index (χ1) is 9.22. The summed E-state index contributed by atoms with van der Waals surface area (Å²) in [6.45, 7) is 3.08. The number of carbonyl (C=O) groups excluding carboxylic acids is 2. The number of ether oxygens (including phenoxy) is 1. The van der Waals surface area contributed by atoms with Gasteiger partial charge in [0.25, 0.3) is 0 Å². The molecule has 0 aliphatic carbocycles. The van der Waals surface area contributed by atoms with Crippen molar-refractivity contribution in [1.82, 2.24) is 10.2 Å². The number of hydrogen-bond acceptors (Lipinski definition) is 3. The SMILES string of the molecule is CCc1ccccc1OCCCN1C(=O)CNC1=O. The number of benzene rings is 1. The highest BCUT2D eigenvalue weighted by atomic mass is 16.5. The van der Waals surface area contributed by atoms with E-state index in [9.17, 15) is 9.59 Å². The van der Waals surface area contributed by atoms with Crippen LogP contribution in [0.2, 0.25) is 0 Å². The van der Waals surface area contributed by atoms with E-state index in [1.165, 1.54) is 4.90 Å². The Bertz CT molecular complexity index is 458. The molecule has 5 heteroatoms. The van der Waals surface area contributed by atoms with E-state index in [1.54, 1.807) is 0 Å². The summed E-state index contributed by atoms with van der Waals surface area (Å²) in [5.74, 6) is 0.709. The molecular weight excluding hydrogens is 244 g/mol. The van der Waals surface area contributed by atoms with E-state index in [-0.39, 0.29) is 18.5 Å². The van der Waals surface area contributed by atoms with E-state index in [1.807, 2.05) is 24.3 Å². The van der Waals surface area contributed by atoms with Crippen molar-refractivity contribution >= 4 is 11.9 Å². The highest BCUT2D eigenvalue weighted by Crippen LogP contribution is 2.18. The minimum absolute atomic E-state index is 0.109. The third kappa shape index (κ3) is 3.24. The van der Waals surface area contributed by atoms with Gasteiger partial charge < -0.3 is 10.1 Å². The first-order valence-electron chi connectivity index (χ1n) is 6.51. The van der Waals surface area contributed by atoms with Crippen molar-refractivity contribution in [2.24, 2.45) is 0 Å². The molecule has 0 spiro atoms. The Labute approximate surface area is 112 Å². The lowest BCUT2D eigenvalue weighted by Crippen LogP contribution is -2.32. The maximum atomic E-state index is 11.4. The fourth-order valence-electron chi connectivity index (χ4n) is 2.02. The minimum Gasteiger partial charge on any atom is -0.493 e. The second kappa shape index (κ2) is 6.22. The molecule has 2 rings (SSSR count). The van der Waals surface area contributed by atoms with Crippen LogP contribution in [0, 0.1) is 0 Å². The van der Waals surface area contributed by atoms with Crippen LogP contribution in [-0.2, 0) is 11.2 Å². The van der Waals surface area contributed by atoms with Crippen LogP contribution < -0.4 is 10.1 Å². The molecule has 0 unspecified atom stereocenters. The van der Waals surface area contributed by atoms with E-state index < -0.39 is 0 Å². The van der Waals surface area contributed by atoms with Crippen LogP contribution in [0.3, 0.4) is 0 Å². The molecule has 1 saturated heterocycles. The van der Waals surface area contributed by atoms with Gasteiger partial charge in [0.1, 0.15) is 5.75 Å². The molecule has 1 N–H and O–H groups in total. The summed E-state index contributed by atoms with van der Waals surface area (Å²) in [6, 6.07) is 7.59. The fraction of sp³-hybridized carbons (Fsp3) is 0.429. The highest BCUT2D eigenvalue weighted by Gasteiger charge is 2.27. The first kappa shape index (κ1) is 13.4. The van der Waals surface area contributed by atoms with Gasteiger partial charge in [-0.15, -0.1) is 0 Å². The van der Waals surface area contributed by atoms with E-state index >= 15 is 0 Å². The van der Waals surface area contributed by atoms with Gasteiger partial charge >= 0.3 is 6.03 Å². The quantitative estimate of drug-likeness (QED) is 0.625. The molecule has 1 aromatic carbocycles. The lowest BCUT2D eigenvalue weighted by Gasteiger charge is -2.13. The van der Waals surface area contributed by atoms with E-state index in [2.05, 4.69) is 12.2 Å².